The van der Waals surface area contributed by atoms with E-state index in [1.54, 1.807) is 6.20 Å². The molecule has 1 saturated heterocycles. The third-order valence-electron chi connectivity index (χ3n) is 5.79. The SMILES string of the molecule is CN(C)CCCN1C(=O)C(=O)/C(=C(/O)c2cccc([N+](=O)[O-])c2)C1c1c[nH]c2ccccc12. The van der Waals surface area contributed by atoms with E-state index in [1.807, 2.05) is 43.3 Å². The standard InChI is InChI=1S/C24H24N4O5/c1-26(2)11-6-12-27-21(18-14-25-19-10-4-3-9-17(18)19)20(23(30)24(27)31)22(29)15-7-5-8-16(13-15)28(32)33/h3-5,7-10,13-14,21,25,29H,6,11-12H2,1-2H3/b22-20+. The number of Topliss-reactive ketones (excluding diaryl/α,β-unsaturated/α-hetero) is 1. The molecule has 0 aliphatic carbocycles. The van der Waals surface area contributed by atoms with Gasteiger partial charge in [0.1, 0.15) is 5.76 Å². The molecule has 2 heterocycles. The van der Waals surface area contributed by atoms with Crippen molar-refractivity contribution >= 4 is 34.0 Å². The Labute approximate surface area is 190 Å². The number of non-ortho nitro benzene ring substituents is 1. The number of aliphatic hydroxyl groups is 1. The number of benzene rings is 2. The van der Waals surface area contributed by atoms with Gasteiger partial charge in [-0.25, -0.2) is 0 Å². The highest BCUT2D eigenvalue weighted by Crippen LogP contribution is 2.42. The second kappa shape index (κ2) is 8.87. The Bertz CT molecular complexity index is 1280. The molecule has 1 atom stereocenters. The Morgan fingerprint density at radius 1 is 1.18 bits per heavy atom. The van der Waals surface area contributed by atoms with E-state index in [0.717, 1.165) is 10.9 Å². The number of hydrogen-bond acceptors (Lipinski definition) is 6. The highest BCUT2D eigenvalue weighted by atomic mass is 16.6. The fraction of sp³-hybridized carbons (Fsp3) is 0.250. The fourth-order valence-electron chi connectivity index (χ4n) is 4.23. The zero-order valence-electron chi connectivity index (χ0n) is 18.3. The molecule has 2 N–H and O–H groups in total. The minimum atomic E-state index is -0.817. The van der Waals surface area contributed by atoms with Crippen molar-refractivity contribution in [2.75, 3.05) is 27.2 Å². The van der Waals surface area contributed by atoms with E-state index >= 15 is 0 Å². The number of carbonyl (C=O) groups excluding carboxylic acids is 2. The van der Waals surface area contributed by atoms with Crippen LogP contribution in [0.4, 0.5) is 5.69 Å². The zero-order chi connectivity index (χ0) is 23.7. The summed E-state index contributed by atoms with van der Waals surface area (Å²) in [5.74, 6) is -1.93. The number of likely N-dealkylation sites (tertiary alicyclic amines) is 1. The lowest BCUT2D eigenvalue weighted by molar-refractivity contribution is -0.384. The number of aromatic nitrogens is 1. The molecule has 1 amide bonds. The maximum absolute atomic E-state index is 13.1. The summed E-state index contributed by atoms with van der Waals surface area (Å²) < 4.78 is 0. The molecule has 9 nitrogen and oxygen atoms in total. The molecular formula is C24H24N4O5. The normalized spacial score (nSPS) is 17.9. The number of para-hydroxylation sites is 1. The van der Waals surface area contributed by atoms with Crippen LogP contribution < -0.4 is 0 Å². The quantitative estimate of drug-likeness (QED) is 0.188. The van der Waals surface area contributed by atoms with Crippen molar-refractivity contribution in [3.8, 4) is 0 Å². The van der Waals surface area contributed by atoms with Crippen LogP contribution in [0, 0.1) is 10.1 Å². The highest BCUT2D eigenvalue weighted by Gasteiger charge is 2.46. The van der Waals surface area contributed by atoms with E-state index in [4.69, 9.17) is 0 Å². The van der Waals surface area contributed by atoms with E-state index < -0.39 is 28.4 Å². The Balaban J connectivity index is 1.87. The van der Waals surface area contributed by atoms with Gasteiger partial charge in [0.2, 0.25) is 0 Å². The summed E-state index contributed by atoms with van der Waals surface area (Å²) in [5, 5.41) is 23.2. The van der Waals surface area contributed by atoms with Crippen molar-refractivity contribution in [3.63, 3.8) is 0 Å². The van der Waals surface area contributed by atoms with Gasteiger partial charge in [-0.1, -0.05) is 30.3 Å². The molecule has 2 aromatic carbocycles. The second-order valence-corrected chi connectivity index (χ2v) is 8.25. The lowest BCUT2D eigenvalue weighted by atomic mass is 9.94. The molecule has 0 radical (unpaired) electrons. The number of rotatable bonds is 7. The van der Waals surface area contributed by atoms with Crippen LogP contribution in [0.3, 0.4) is 0 Å². The van der Waals surface area contributed by atoms with Gasteiger partial charge in [-0.3, -0.25) is 19.7 Å². The molecule has 9 heteroatoms. The number of fused-ring (bicyclic) bond motifs is 1. The molecule has 1 unspecified atom stereocenters. The minimum Gasteiger partial charge on any atom is -0.507 e. The van der Waals surface area contributed by atoms with Crippen LogP contribution >= 0.6 is 0 Å². The summed E-state index contributed by atoms with van der Waals surface area (Å²) in [6, 6.07) is 12.1. The lowest BCUT2D eigenvalue weighted by Crippen LogP contribution is -2.32. The summed E-state index contributed by atoms with van der Waals surface area (Å²) in [7, 11) is 3.85. The fourth-order valence-corrected chi connectivity index (χ4v) is 4.23. The maximum Gasteiger partial charge on any atom is 0.295 e. The van der Waals surface area contributed by atoms with Gasteiger partial charge in [0.15, 0.2) is 0 Å². The van der Waals surface area contributed by atoms with Crippen LogP contribution in [0.5, 0.6) is 0 Å². The van der Waals surface area contributed by atoms with Gasteiger partial charge >= 0.3 is 0 Å². The van der Waals surface area contributed by atoms with Crippen LogP contribution in [0.1, 0.15) is 23.6 Å². The van der Waals surface area contributed by atoms with Crippen molar-refractivity contribution in [2.24, 2.45) is 0 Å². The van der Waals surface area contributed by atoms with E-state index in [1.165, 1.54) is 29.2 Å². The average molecular weight is 448 g/mol. The van der Waals surface area contributed by atoms with Crippen molar-refractivity contribution in [1.29, 1.82) is 0 Å². The maximum atomic E-state index is 13.1. The summed E-state index contributed by atoms with van der Waals surface area (Å²) in [5.41, 5.74) is 1.33. The van der Waals surface area contributed by atoms with E-state index in [0.29, 0.717) is 25.1 Å². The Morgan fingerprint density at radius 3 is 2.67 bits per heavy atom. The first-order valence-electron chi connectivity index (χ1n) is 10.5. The highest BCUT2D eigenvalue weighted by molar-refractivity contribution is 6.46. The van der Waals surface area contributed by atoms with E-state index in [9.17, 15) is 24.8 Å². The van der Waals surface area contributed by atoms with Gasteiger partial charge < -0.3 is 19.9 Å². The number of hydrogen-bond donors (Lipinski definition) is 2. The van der Waals surface area contributed by atoms with Crippen molar-refractivity contribution in [3.05, 3.63) is 81.5 Å². The van der Waals surface area contributed by atoms with Crippen LogP contribution in [0.15, 0.2) is 60.3 Å². The molecule has 0 bridgehead atoms. The third-order valence-corrected chi connectivity index (χ3v) is 5.79. The van der Waals surface area contributed by atoms with E-state index in [-0.39, 0.29) is 16.8 Å². The molecule has 1 aromatic heterocycles. The van der Waals surface area contributed by atoms with Gasteiger partial charge in [-0.15, -0.1) is 0 Å². The molecule has 170 valence electrons. The van der Waals surface area contributed by atoms with Crippen LogP contribution in [-0.4, -0.2) is 63.7 Å². The first kappa shape index (κ1) is 22.2. The summed E-state index contributed by atoms with van der Waals surface area (Å²) in [6.07, 6.45) is 2.37. The number of amides is 1. The molecule has 0 saturated carbocycles. The molecule has 3 aromatic rings. The summed E-state index contributed by atoms with van der Waals surface area (Å²) >= 11 is 0. The van der Waals surface area contributed by atoms with Crippen molar-refractivity contribution in [1.82, 2.24) is 14.8 Å². The predicted octanol–water partition coefficient (Wildman–Crippen LogP) is 3.45. The van der Waals surface area contributed by atoms with E-state index in [2.05, 4.69) is 4.98 Å². The molecule has 33 heavy (non-hydrogen) atoms. The number of aliphatic hydroxyl groups excluding tert-OH is 1. The third kappa shape index (κ3) is 4.10. The van der Waals surface area contributed by atoms with Gasteiger partial charge in [0.05, 0.1) is 16.5 Å². The monoisotopic (exact) mass is 448 g/mol. The number of ketones is 1. The topological polar surface area (TPSA) is 120 Å². The molecule has 0 spiro atoms. The summed E-state index contributed by atoms with van der Waals surface area (Å²) in [6.45, 7) is 1.03. The number of aromatic amines is 1. The first-order chi connectivity index (χ1) is 15.8. The summed E-state index contributed by atoms with van der Waals surface area (Å²) in [4.78, 5) is 43.4. The Kier molecular flexibility index (Phi) is 5.97. The molecule has 1 fully saturated rings. The smallest absolute Gasteiger partial charge is 0.295 e. The molecule has 1 aliphatic heterocycles. The Morgan fingerprint density at radius 2 is 1.94 bits per heavy atom. The minimum absolute atomic E-state index is 0.0740. The number of H-pyrrole nitrogens is 1. The number of nitro groups is 1. The largest absolute Gasteiger partial charge is 0.507 e. The van der Waals surface area contributed by atoms with Crippen LogP contribution in [-0.2, 0) is 9.59 Å². The first-order valence-corrected chi connectivity index (χ1v) is 10.5. The Hall–Kier alpha value is -3.98. The average Bonchev–Trinajstić information content (AvgIpc) is 3.32. The van der Waals surface area contributed by atoms with Crippen molar-refractivity contribution in [2.45, 2.75) is 12.5 Å². The van der Waals surface area contributed by atoms with Gasteiger partial charge in [-0.2, -0.15) is 0 Å². The molecule has 4 rings (SSSR count). The molecular weight excluding hydrogens is 424 g/mol. The van der Waals surface area contributed by atoms with Gasteiger partial charge in [0, 0.05) is 46.9 Å². The number of nitro benzene ring substituents is 1. The number of carbonyl (C=O) groups is 2. The zero-order valence-corrected chi connectivity index (χ0v) is 18.3. The number of nitrogens with one attached hydrogen (secondary N) is 1. The second-order valence-electron chi connectivity index (χ2n) is 8.25. The lowest BCUT2D eigenvalue weighted by Gasteiger charge is -2.25. The number of nitrogens with zero attached hydrogens (tertiary/aromatic N) is 3. The van der Waals surface area contributed by atoms with Crippen LogP contribution in [0.2, 0.25) is 0 Å². The molecule has 1 aliphatic rings. The van der Waals surface area contributed by atoms with Gasteiger partial charge in [0.25, 0.3) is 17.4 Å². The predicted molar refractivity (Wildman–Crippen MR) is 124 cm³/mol. The van der Waals surface area contributed by atoms with Gasteiger partial charge in [-0.05, 0) is 33.1 Å². The van der Waals surface area contributed by atoms with Crippen molar-refractivity contribution < 1.29 is 19.6 Å². The van der Waals surface area contributed by atoms with Crippen LogP contribution in [0.25, 0.3) is 16.7 Å².